The predicted molar refractivity (Wildman–Crippen MR) is 126 cm³/mol. The van der Waals surface area contributed by atoms with Crippen molar-refractivity contribution < 1.29 is 9.53 Å². The fourth-order valence-electron chi connectivity index (χ4n) is 4.83. The van der Waals surface area contributed by atoms with Gasteiger partial charge in [0.05, 0.1) is 24.1 Å². The van der Waals surface area contributed by atoms with E-state index in [9.17, 15) is 4.79 Å². The molecule has 0 saturated carbocycles. The molecule has 1 saturated heterocycles. The number of carbonyl (C=O) groups excluding carboxylic acids is 1. The second-order valence-corrected chi connectivity index (χ2v) is 8.55. The van der Waals surface area contributed by atoms with E-state index in [0.717, 1.165) is 61.2 Å². The van der Waals surface area contributed by atoms with Crippen LogP contribution in [0.2, 0.25) is 0 Å². The summed E-state index contributed by atoms with van der Waals surface area (Å²) in [5.41, 5.74) is 4.81. The van der Waals surface area contributed by atoms with Crippen LogP contribution in [0.15, 0.2) is 54.6 Å². The van der Waals surface area contributed by atoms with Crippen molar-refractivity contribution in [1.82, 2.24) is 9.97 Å². The molecular weight excluding hydrogens is 400 g/mol. The molecule has 0 N–H and O–H groups in total. The molecule has 3 aromatic rings. The summed E-state index contributed by atoms with van der Waals surface area (Å²) in [6, 6.07) is 18.5. The van der Waals surface area contributed by atoms with Gasteiger partial charge < -0.3 is 14.5 Å². The van der Waals surface area contributed by atoms with Crippen LogP contribution in [0.5, 0.6) is 5.75 Å². The molecule has 0 bridgehead atoms. The molecular formula is C26H28N4O2. The van der Waals surface area contributed by atoms with Crippen molar-refractivity contribution in [3.8, 4) is 5.75 Å². The van der Waals surface area contributed by atoms with E-state index in [4.69, 9.17) is 14.7 Å². The molecule has 0 radical (unpaired) electrons. The first-order valence-electron chi connectivity index (χ1n) is 11.2. The number of aromatic nitrogens is 2. The summed E-state index contributed by atoms with van der Waals surface area (Å²) >= 11 is 0. The van der Waals surface area contributed by atoms with Crippen molar-refractivity contribution in [2.75, 3.05) is 43.1 Å². The first kappa shape index (κ1) is 20.5. The largest absolute Gasteiger partial charge is 0.497 e. The normalized spacial score (nSPS) is 18.4. The topological polar surface area (TPSA) is 58.6 Å². The molecule has 0 spiro atoms. The van der Waals surface area contributed by atoms with Crippen LogP contribution in [0.3, 0.4) is 0 Å². The highest BCUT2D eigenvalue weighted by atomic mass is 16.5. The standard InChI is InChI=1S/C26H28N4O2/c1-18-25-23(15-20(16-24(25)31)19-7-4-3-5-8-19)28-26(27-18)30-13-11-29(12-14-30)21-9-6-10-22(17-21)32-2/h3-10,17,20H,11-16H2,1-2H3. The number of fused-ring (bicyclic) bond motifs is 1. The lowest BCUT2D eigenvalue weighted by molar-refractivity contribution is 0.0962. The minimum Gasteiger partial charge on any atom is -0.497 e. The predicted octanol–water partition coefficient (Wildman–Crippen LogP) is 4.03. The molecule has 1 aliphatic carbocycles. The number of benzene rings is 2. The van der Waals surface area contributed by atoms with Crippen LogP contribution in [-0.2, 0) is 6.42 Å². The van der Waals surface area contributed by atoms with Crippen molar-refractivity contribution >= 4 is 17.4 Å². The lowest BCUT2D eigenvalue weighted by Crippen LogP contribution is -2.47. The zero-order valence-electron chi connectivity index (χ0n) is 18.6. The zero-order valence-corrected chi connectivity index (χ0v) is 18.6. The van der Waals surface area contributed by atoms with Gasteiger partial charge in [-0.1, -0.05) is 36.4 Å². The molecule has 2 heterocycles. The first-order chi connectivity index (χ1) is 15.6. The number of rotatable bonds is 4. The van der Waals surface area contributed by atoms with E-state index in [1.165, 1.54) is 11.3 Å². The zero-order chi connectivity index (χ0) is 22.1. The third kappa shape index (κ3) is 3.93. The minimum absolute atomic E-state index is 0.159. The molecule has 6 heteroatoms. The summed E-state index contributed by atoms with van der Waals surface area (Å²) in [6.45, 7) is 5.39. The van der Waals surface area contributed by atoms with Crippen molar-refractivity contribution in [2.45, 2.75) is 25.7 Å². The van der Waals surface area contributed by atoms with E-state index in [1.54, 1.807) is 7.11 Å². The summed E-state index contributed by atoms with van der Waals surface area (Å²) in [4.78, 5) is 27.2. The minimum atomic E-state index is 0.159. The fraction of sp³-hybridized carbons (Fsp3) is 0.346. The van der Waals surface area contributed by atoms with Crippen molar-refractivity contribution in [3.05, 3.63) is 77.1 Å². The second kappa shape index (κ2) is 8.61. The Balaban J connectivity index is 1.35. The van der Waals surface area contributed by atoms with Gasteiger partial charge in [0, 0.05) is 44.4 Å². The number of piperazine rings is 1. The maximum Gasteiger partial charge on any atom is 0.225 e. The first-order valence-corrected chi connectivity index (χ1v) is 11.2. The number of ketones is 1. The Morgan fingerprint density at radius 3 is 2.41 bits per heavy atom. The average molecular weight is 429 g/mol. The van der Waals surface area contributed by atoms with Gasteiger partial charge in [0.1, 0.15) is 5.75 Å². The molecule has 164 valence electrons. The van der Waals surface area contributed by atoms with Crippen LogP contribution in [-0.4, -0.2) is 49.0 Å². The number of anilines is 2. The molecule has 1 aromatic heterocycles. The molecule has 1 aliphatic heterocycles. The number of nitrogens with zero attached hydrogens (tertiary/aromatic N) is 4. The maximum atomic E-state index is 12.9. The smallest absolute Gasteiger partial charge is 0.225 e. The average Bonchev–Trinajstić information content (AvgIpc) is 2.84. The van der Waals surface area contributed by atoms with Crippen LogP contribution in [0.4, 0.5) is 11.6 Å². The fourth-order valence-corrected chi connectivity index (χ4v) is 4.83. The monoisotopic (exact) mass is 428 g/mol. The lowest BCUT2D eigenvalue weighted by Gasteiger charge is -2.36. The van der Waals surface area contributed by atoms with Gasteiger partial charge in [-0.2, -0.15) is 0 Å². The van der Waals surface area contributed by atoms with E-state index in [1.807, 2.05) is 37.3 Å². The highest BCUT2D eigenvalue weighted by Crippen LogP contribution is 2.34. The maximum absolute atomic E-state index is 12.9. The van der Waals surface area contributed by atoms with Crippen molar-refractivity contribution in [2.24, 2.45) is 0 Å². The molecule has 0 amide bonds. The van der Waals surface area contributed by atoms with Gasteiger partial charge in [0.2, 0.25) is 5.95 Å². The molecule has 32 heavy (non-hydrogen) atoms. The third-order valence-electron chi connectivity index (χ3n) is 6.56. The van der Waals surface area contributed by atoms with Crippen LogP contribution in [0.1, 0.15) is 39.6 Å². The van der Waals surface area contributed by atoms with Crippen LogP contribution >= 0.6 is 0 Å². The molecule has 1 unspecified atom stereocenters. The van der Waals surface area contributed by atoms with Gasteiger partial charge in [-0.3, -0.25) is 4.79 Å². The Kier molecular flexibility index (Phi) is 5.52. The summed E-state index contributed by atoms with van der Waals surface area (Å²) in [7, 11) is 1.69. The number of carbonyl (C=O) groups is 1. The van der Waals surface area contributed by atoms with E-state index in [2.05, 4.69) is 34.1 Å². The summed E-state index contributed by atoms with van der Waals surface area (Å²) < 4.78 is 5.37. The van der Waals surface area contributed by atoms with Crippen LogP contribution in [0.25, 0.3) is 0 Å². The Hall–Kier alpha value is -3.41. The highest BCUT2D eigenvalue weighted by Gasteiger charge is 2.31. The van der Waals surface area contributed by atoms with E-state index in [-0.39, 0.29) is 11.7 Å². The number of aryl methyl sites for hydroxylation is 1. The van der Waals surface area contributed by atoms with E-state index < -0.39 is 0 Å². The summed E-state index contributed by atoms with van der Waals surface area (Å²) in [5, 5.41) is 0. The highest BCUT2D eigenvalue weighted by molar-refractivity contribution is 5.99. The molecule has 2 aliphatic rings. The molecule has 6 nitrogen and oxygen atoms in total. The summed E-state index contributed by atoms with van der Waals surface area (Å²) in [5.74, 6) is 1.96. The van der Waals surface area contributed by atoms with E-state index in [0.29, 0.717) is 6.42 Å². The van der Waals surface area contributed by atoms with Crippen molar-refractivity contribution in [1.29, 1.82) is 0 Å². The Morgan fingerprint density at radius 2 is 1.66 bits per heavy atom. The van der Waals surface area contributed by atoms with Gasteiger partial charge in [-0.05, 0) is 37.0 Å². The van der Waals surface area contributed by atoms with Gasteiger partial charge in [-0.25, -0.2) is 9.97 Å². The van der Waals surface area contributed by atoms with E-state index >= 15 is 0 Å². The number of ether oxygens (including phenoxy) is 1. The van der Waals surface area contributed by atoms with Gasteiger partial charge in [0.15, 0.2) is 5.78 Å². The molecule has 5 rings (SSSR count). The van der Waals surface area contributed by atoms with Gasteiger partial charge in [-0.15, -0.1) is 0 Å². The van der Waals surface area contributed by atoms with Crippen LogP contribution < -0.4 is 14.5 Å². The molecule has 1 fully saturated rings. The van der Waals surface area contributed by atoms with Gasteiger partial charge >= 0.3 is 0 Å². The molecule has 1 atom stereocenters. The lowest BCUT2D eigenvalue weighted by atomic mass is 9.81. The number of hydrogen-bond acceptors (Lipinski definition) is 6. The number of hydrogen-bond donors (Lipinski definition) is 0. The van der Waals surface area contributed by atoms with Crippen molar-refractivity contribution in [3.63, 3.8) is 0 Å². The quantitative estimate of drug-likeness (QED) is 0.625. The Morgan fingerprint density at radius 1 is 0.906 bits per heavy atom. The summed E-state index contributed by atoms with van der Waals surface area (Å²) in [6.07, 6.45) is 1.31. The Bertz CT molecular complexity index is 1120. The number of Topliss-reactive ketones (excluding diaryl/α,β-unsaturated/α-hetero) is 1. The Labute approximate surface area is 188 Å². The number of methoxy groups -OCH3 is 1. The van der Waals surface area contributed by atoms with Crippen LogP contribution in [0, 0.1) is 6.92 Å². The molecule has 2 aromatic carbocycles. The van der Waals surface area contributed by atoms with Gasteiger partial charge in [0.25, 0.3) is 0 Å². The second-order valence-electron chi connectivity index (χ2n) is 8.55. The third-order valence-corrected chi connectivity index (χ3v) is 6.56. The SMILES string of the molecule is COc1cccc(N2CCN(c3nc(C)c4c(n3)CC(c3ccccc3)CC4=O)CC2)c1.